The Kier molecular flexibility index (Phi) is 12.1. The molecule has 108 valence electrons. The molecule has 0 unspecified atom stereocenters. The summed E-state index contributed by atoms with van der Waals surface area (Å²) in [5.41, 5.74) is 0. The molecule has 0 aromatic heterocycles. The second kappa shape index (κ2) is 12.7. The van der Waals surface area contributed by atoms with Gasteiger partial charge in [-0.05, 0) is 38.5 Å². The maximum absolute atomic E-state index is 5.30. The average molecular weight is 257 g/mol. The van der Waals surface area contributed by atoms with Crippen molar-refractivity contribution in [2.24, 2.45) is 10.9 Å². The number of nitrogens with zero attached hydrogens (tertiary/aromatic N) is 1. The summed E-state index contributed by atoms with van der Waals surface area (Å²) in [4.78, 5) is 4.20. The number of unbranched alkanes of at least 4 members (excludes halogenated alkanes) is 1. The third-order valence-corrected chi connectivity index (χ3v) is 2.69. The lowest BCUT2D eigenvalue weighted by molar-refractivity contribution is 0.143. The molecule has 0 atom stereocenters. The van der Waals surface area contributed by atoms with E-state index in [1.165, 1.54) is 12.8 Å². The van der Waals surface area contributed by atoms with E-state index in [4.69, 9.17) is 4.74 Å². The first-order valence-electron chi connectivity index (χ1n) is 7.23. The lowest BCUT2D eigenvalue weighted by atomic mass is 10.1. The minimum absolute atomic E-state index is 0.778. The van der Waals surface area contributed by atoms with Gasteiger partial charge in [-0.3, -0.25) is 4.99 Å². The number of ether oxygens (including phenoxy) is 1. The van der Waals surface area contributed by atoms with Gasteiger partial charge in [-0.15, -0.1) is 0 Å². The third-order valence-electron chi connectivity index (χ3n) is 2.69. The molecule has 0 radical (unpaired) electrons. The van der Waals surface area contributed by atoms with Gasteiger partial charge < -0.3 is 15.4 Å². The van der Waals surface area contributed by atoms with E-state index in [0.29, 0.717) is 0 Å². The van der Waals surface area contributed by atoms with Crippen molar-refractivity contribution in [2.45, 2.75) is 46.5 Å². The van der Waals surface area contributed by atoms with Gasteiger partial charge in [-0.2, -0.15) is 0 Å². The summed E-state index contributed by atoms with van der Waals surface area (Å²) in [6.07, 6.45) is 4.68. The Balaban J connectivity index is 3.42. The van der Waals surface area contributed by atoms with E-state index in [1.807, 2.05) is 14.0 Å². The summed E-state index contributed by atoms with van der Waals surface area (Å²) in [5.74, 6) is 1.69. The van der Waals surface area contributed by atoms with Crippen molar-refractivity contribution in [3.63, 3.8) is 0 Å². The van der Waals surface area contributed by atoms with Crippen molar-refractivity contribution in [2.75, 3.05) is 33.4 Å². The van der Waals surface area contributed by atoms with Crippen LogP contribution in [0.2, 0.25) is 0 Å². The molecule has 0 rings (SSSR count). The normalized spacial score (nSPS) is 11.9. The fourth-order valence-corrected chi connectivity index (χ4v) is 1.62. The maximum atomic E-state index is 5.30. The van der Waals surface area contributed by atoms with E-state index >= 15 is 0 Å². The Bertz CT molecular complexity index is 205. The maximum Gasteiger partial charge on any atom is 0.190 e. The molecule has 0 aliphatic carbocycles. The summed E-state index contributed by atoms with van der Waals surface area (Å²) in [6, 6.07) is 0. The average Bonchev–Trinajstić information content (AvgIpc) is 2.35. The van der Waals surface area contributed by atoms with Gasteiger partial charge in [0.2, 0.25) is 0 Å². The van der Waals surface area contributed by atoms with E-state index in [9.17, 15) is 0 Å². The first-order valence-corrected chi connectivity index (χ1v) is 7.23. The van der Waals surface area contributed by atoms with E-state index < -0.39 is 0 Å². The fourth-order valence-electron chi connectivity index (χ4n) is 1.62. The molecule has 4 nitrogen and oxygen atoms in total. The Labute approximate surface area is 113 Å². The minimum Gasteiger partial charge on any atom is -0.382 e. The molecule has 0 heterocycles. The van der Waals surface area contributed by atoms with Crippen LogP contribution in [0.4, 0.5) is 0 Å². The van der Waals surface area contributed by atoms with Gasteiger partial charge in [0.15, 0.2) is 5.96 Å². The zero-order valence-corrected chi connectivity index (χ0v) is 12.6. The minimum atomic E-state index is 0.778. The Morgan fingerprint density at radius 2 is 1.78 bits per heavy atom. The van der Waals surface area contributed by atoms with Crippen molar-refractivity contribution in [1.29, 1.82) is 0 Å². The van der Waals surface area contributed by atoms with Gasteiger partial charge in [0, 0.05) is 33.4 Å². The molecule has 0 bridgehead atoms. The smallest absolute Gasteiger partial charge is 0.190 e. The highest BCUT2D eigenvalue weighted by atomic mass is 16.5. The molecule has 4 heteroatoms. The van der Waals surface area contributed by atoms with Gasteiger partial charge in [-0.1, -0.05) is 13.8 Å². The Morgan fingerprint density at radius 1 is 1.11 bits per heavy atom. The number of hydrogen-bond donors (Lipinski definition) is 2. The van der Waals surface area contributed by atoms with E-state index in [1.54, 1.807) is 0 Å². The standard InChI is InChI=1S/C14H31N3O/c1-5-18-12-7-6-10-16-14(15-4)17-11-8-9-13(2)3/h13H,5-12H2,1-4H3,(H2,15,16,17). The van der Waals surface area contributed by atoms with E-state index in [2.05, 4.69) is 29.5 Å². The van der Waals surface area contributed by atoms with Gasteiger partial charge in [-0.25, -0.2) is 0 Å². The summed E-state index contributed by atoms with van der Waals surface area (Å²) in [5, 5.41) is 6.65. The van der Waals surface area contributed by atoms with Crippen LogP contribution < -0.4 is 10.6 Å². The van der Waals surface area contributed by atoms with Gasteiger partial charge >= 0.3 is 0 Å². The van der Waals surface area contributed by atoms with Crippen LogP contribution in [0.5, 0.6) is 0 Å². The fraction of sp³-hybridized carbons (Fsp3) is 0.929. The van der Waals surface area contributed by atoms with Gasteiger partial charge in [0.25, 0.3) is 0 Å². The van der Waals surface area contributed by atoms with Crippen molar-refractivity contribution in [3.8, 4) is 0 Å². The molecule has 0 aliphatic rings. The highest BCUT2D eigenvalue weighted by Crippen LogP contribution is 2.01. The zero-order chi connectivity index (χ0) is 13.6. The van der Waals surface area contributed by atoms with Crippen LogP contribution >= 0.6 is 0 Å². The molecule has 0 saturated carbocycles. The molecule has 0 saturated heterocycles. The molecule has 0 aromatic carbocycles. The molecule has 0 aromatic rings. The molecule has 0 spiro atoms. The lowest BCUT2D eigenvalue weighted by Gasteiger charge is -2.12. The Hall–Kier alpha value is -0.770. The van der Waals surface area contributed by atoms with Crippen LogP contribution in [0.3, 0.4) is 0 Å². The number of nitrogens with one attached hydrogen (secondary N) is 2. The molecule has 0 amide bonds. The summed E-state index contributed by atoms with van der Waals surface area (Å²) >= 11 is 0. The number of rotatable bonds is 10. The van der Waals surface area contributed by atoms with Crippen molar-refractivity contribution >= 4 is 5.96 Å². The predicted octanol–water partition coefficient (Wildman–Crippen LogP) is 2.40. The lowest BCUT2D eigenvalue weighted by Crippen LogP contribution is -2.38. The highest BCUT2D eigenvalue weighted by Gasteiger charge is 1.97. The second-order valence-corrected chi connectivity index (χ2v) is 4.87. The van der Waals surface area contributed by atoms with E-state index in [-0.39, 0.29) is 0 Å². The SMILES string of the molecule is CCOCCCCNC(=NC)NCCCC(C)C. The van der Waals surface area contributed by atoms with E-state index in [0.717, 1.165) is 51.0 Å². The highest BCUT2D eigenvalue weighted by molar-refractivity contribution is 5.79. The van der Waals surface area contributed by atoms with Gasteiger partial charge in [0.1, 0.15) is 0 Å². The molecular formula is C14H31N3O. The summed E-state index contributed by atoms with van der Waals surface area (Å²) in [7, 11) is 1.82. The topological polar surface area (TPSA) is 45.6 Å². The van der Waals surface area contributed by atoms with Crippen molar-refractivity contribution in [1.82, 2.24) is 10.6 Å². The van der Waals surface area contributed by atoms with Crippen LogP contribution in [-0.2, 0) is 4.74 Å². The quantitative estimate of drug-likeness (QED) is 0.359. The monoisotopic (exact) mass is 257 g/mol. The second-order valence-electron chi connectivity index (χ2n) is 4.87. The Morgan fingerprint density at radius 3 is 2.33 bits per heavy atom. The number of guanidine groups is 1. The number of aliphatic imine (C=N–C) groups is 1. The zero-order valence-electron chi connectivity index (χ0n) is 12.6. The van der Waals surface area contributed by atoms with Crippen molar-refractivity contribution in [3.05, 3.63) is 0 Å². The van der Waals surface area contributed by atoms with Crippen LogP contribution in [0.25, 0.3) is 0 Å². The van der Waals surface area contributed by atoms with Crippen LogP contribution in [0.1, 0.15) is 46.5 Å². The molecule has 2 N–H and O–H groups in total. The van der Waals surface area contributed by atoms with Crippen molar-refractivity contribution < 1.29 is 4.74 Å². The van der Waals surface area contributed by atoms with Gasteiger partial charge in [0.05, 0.1) is 0 Å². The summed E-state index contributed by atoms with van der Waals surface area (Å²) in [6.45, 7) is 10.2. The van der Waals surface area contributed by atoms with Crippen LogP contribution in [0, 0.1) is 5.92 Å². The number of hydrogen-bond acceptors (Lipinski definition) is 2. The molecular weight excluding hydrogens is 226 g/mol. The molecule has 0 aliphatic heterocycles. The third kappa shape index (κ3) is 11.7. The van der Waals surface area contributed by atoms with Crippen LogP contribution in [0.15, 0.2) is 4.99 Å². The largest absolute Gasteiger partial charge is 0.382 e. The first-order chi connectivity index (χ1) is 8.70. The molecule has 18 heavy (non-hydrogen) atoms. The predicted molar refractivity (Wildman–Crippen MR) is 79.2 cm³/mol. The van der Waals surface area contributed by atoms with Crippen LogP contribution in [-0.4, -0.2) is 39.3 Å². The molecule has 0 fully saturated rings. The first kappa shape index (κ1) is 17.2. The summed E-state index contributed by atoms with van der Waals surface area (Å²) < 4.78 is 5.30.